The predicted molar refractivity (Wildman–Crippen MR) is 118 cm³/mol. The standard InChI is InChI=1S/C25H22N2O3/c1-26(2)19-15-13-17(14-16-19)22-21(23(28)18-9-5-3-6-10-18)24(29)25(30)27(22)20-11-7-4-8-12-20/h3-16,22,28H,1-2H3/b23-21-. The van der Waals surface area contributed by atoms with Crippen LogP contribution >= 0.6 is 0 Å². The molecule has 0 radical (unpaired) electrons. The number of ketones is 1. The summed E-state index contributed by atoms with van der Waals surface area (Å²) in [5.74, 6) is -1.52. The van der Waals surface area contributed by atoms with Gasteiger partial charge in [-0.3, -0.25) is 14.5 Å². The molecule has 1 heterocycles. The monoisotopic (exact) mass is 398 g/mol. The molecule has 1 fully saturated rings. The molecule has 0 spiro atoms. The molecule has 1 aliphatic heterocycles. The number of nitrogens with zero attached hydrogens (tertiary/aromatic N) is 2. The first-order valence-electron chi connectivity index (χ1n) is 9.68. The molecule has 3 aromatic carbocycles. The van der Waals surface area contributed by atoms with E-state index in [0.29, 0.717) is 11.3 Å². The van der Waals surface area contributed by atoms with Crippen molar-refractivity contribution in [2.24, 2.45) is 0 Å². The summed E-state index contributed by atoms with van der Waals surface area (Å²) in [4.78, 5) is 29.5. The molecule has 5 heteroatoms. The third-order valence-electron chi connectivity index (χ3n) is 5.25. The molecule has 1 saturated heterocycles. The zero-order chi connectivity index (χ0) is 21.3. The van der Waals surface area contributed by atoms with Gasteiger partial charge in [0.15, 0.2) is 0 Å². The van der Waals surface area contributed by atoms with Crippen LogP contribution in [0.2, 0.25) is 0 Å². The van der Waals surface area contributed by atoms with Gasteiger partial charge in [0, 0.05) is 31.0 Å². The van der Waals surface area contributed by atoms with Gasteiger partial charge in [0.2, 0.25) is 0 Å². The molecule has 5 nitrogen and oxygen atoms in total. The Kier molecular flexibility index (Phi) is 5.11. The summed E-state index contributed by atoms with van der Waals surface area (Å²) in [7, 11) is 3.89. The molecule has 1 unspecified atom stereocenters. The summed E-state index contributed by atoms with van der Waals surface area (Å²) < 4.78 is 0. The van der Waals surface area contributed by atoms with Crippen LogP contribution < -0.4 is 9.80 Å². The van der Waals surface area contributed by atoms with E-state index in [2.05, 4.69) is 0 Å². The molecule has 1 atom stereocenters. The van der Waals surface area contributed by atoms with Crippen LogP contribution in [0, 0.1) is 0 Å². The Morgan fingerprint density at radius 1 is 0.833 bits per heavy atom. The van der Waals surface area contributed by atoms with Gasteiger partial charge in [0.25, 0.3) is 11.7 Å². The summed E-state index contributed by atoms with van der Waals surface area (Å²) in [5, 5.41) is 11.0. The number of Topliss-reactive ketones (excluding diaryl/α,β-unsaturated/α-hetero) is 1. The van der Waals surface area contributed by atoms with E-state index in [1.54, 1.807) is 36.4 Å². The van der Waals surface area contributed by atoms with Crippen molar-refractivity contribution >= 4 is 28.8 Å². The lowest BCUT2D eigenvalue weighted by Gasteiger charge is -2.26. The molecular weight excluding hydrogens is 376 g/mol. The largest absolute Gasteiger partial charge is 0.507 e. The number of amides is 1. The fourth-order valence-corrected chi connectivity index (χ4v) is 3.71. The number of aliphatic hydroxyl groups excluding tert-OH is 1. The van der Waals surface area contributed by atoms with Gasteiger partial charge in [-0.1, -0.05) is 60.7 Å². The average molecular weight is 398 g/mol. The Hall–Kier alpha value is -3.86. The lowest BCUT2D eigenvalue weighted by molar-refractivity contribution is -0.132. The Morgan fingerprint density at radius 3 is 1.97 bits per heavy atom. The highest BCUT2D eigenvalue weighted by atomic mass is 16.3. The lowest BCUT2D eigenvalue weighted by atomic mass is 9.95. The maximum absolute atomic E-state index is 13.0. The summed E-state index contributed by atoms with van der Waals surface area (Å²) >= 11 is 0. The second-order valence-electron chi connectivity index (χ2n) is 7.36. The number of hydrogen-bond acceptors (Lipinski definition) is 4. The van der Waals surface area contributed by atoms with Gasteiger partial charge < -0.3 is 10.0 Å². The van der Waals surface area contributed by atoms with Crippen molar-refractivity contribution < 1.29 is 14.7 Å². The van der Waals surface area contributed by atoms with E-state index in [-0.39, 0.29) is 11.3 Å². The predicted octanol–water partition coefficient (Wildman–Crippen LogP) is 4.38. The second-order valence-corrected chi connectivity index (χ2v) is 7.36. The number of para-hydroxylation sites is 1. The Labute approximate surface area is 175 Å². The molecule has 3 aromatic rings. The Bertz CT molecular complexity index is 1100. The molecule has 1 N–H and O–H groups in total. The first-order valence-corrected chi connectivity index (χ1v) is 9.68. The summed E-state index contributed by atoms with van der Waals surface area (Å²) in [6.45, 7) is 0. The third kappa shape index (κ3) is 3.35. The van der Waals surface area contributed by atoms with Crippen LogP contribution in [0.3, 0.4) is 0 Å². The van der Waals surface area contributed by atoms with Crippen LogP contribution in [-0.2, 0) is 9.59 Å². The van der Waals surface area contributed by atoms with Crippen LogP contribution in [0.1, 0.15) is 17.2 Å². The average Bonchev–Trinajstić information content (AvgIpc) is 3.05. The topological polar surface area (TPSA) is 60.9 Å². The van der Waals surface area contributed by atoms with Gasteiger partial charge >= 0.3 is 0 Å². The van der Waals surface area contributed by atoms with Crippen LogP contribution in [0.25, 0.3) is 5.76 Å². The normalized spacial score (nSPS) is 17.9. The first-order chi connectivity index (χ1) is 14.5. The second kappa shape index (κ2) is 7.87. The molecule has 4 rings (SSSR count). The van der Waals surface area contributed by atoms with Crippen LogP contribution in [0.15, 0.2) is 90.5 Å². The van der Waals surface area contributed by atoms with Crippen LogP contribution in [0.5, 0.6) is 0 Å². The number of rotatable bonds is 4. The zero-order valence-corrected chi connectivity index (χ0v) is 16.8. The third-order valence-corrected chi connectivity index (χ3v) is 5.25. The van der Waals surface area contributed by atoms with E-state index >= 15 is 0 Å². The molecule has 150 valence electrons. The fraction of sp³-hybridized carbons (Fsp3) is 0.120. The van der Waals surface area contributed by atoms with Crippen molar-refractivity contribution in [3.05, 3.63) is 102 Å². The quantitative estimate of drug-likeness (QED) is 0.403. The van der Waals surface area contributed by atoms with Crippen molar-refractivity contribution in [2.75, 3.05) is 23.9 Å². The highest BCUT2D eigenvalue weighted by molar-refractivity contribution is 6.51. The maximum atomic E-state index is 13.0. The van der Waals surface area contributed by atoms with E-state index < -0.39 is 17.7 Å². The van der Waals surface area contributed by atoms with Gasteiger partial charge in [0.05, 0.1) is 11.6 Å². The van der Waals surface area contributed by atoms with E-state index in [1.807, 2.05) is 67.5 Å². The van der Waals surface area contributed by atoms with Gasteiger partial charge in [-0.15, -0.1) is 0 Å². The van der Waals surface area contributed by atoms with Gasteiger partial charge in [-0.2, -0.15) is 0 Å². The number of anilines is 2. The van der Waals surface area contributed by atoms with Crippen molar-refractivity contribution in [3.8, 4) is 0 Å². The van der Waals surface area contributed by atoms with E-state index in [0.717, 1.165) is 11.3 Å². The van der Waals surface area contributed by atoms with Crippen LogP contribution in [0.4, 0.5) is 11.4 Å². The van der Waals surface area contributed by atoms with E-state index in [1.165, 1.54) is 4.90 Å². The minimum absolute atomic E-state index is 0.0904. The number of benzene rings is 3. The molecule has 30 heavy (non-hydrogen) atoms. The highest BCUT2D eigenvalue weighted by Crippen LogP contribution is 2.42. The minimum Gasteiger partial charge on any atom is -0.507 e. The zero-order valence-electron chi connectivity index (χ0n) is 16.8. The van der Waals surface area contributed by atoms with Gasteiger partial charge in [-0.25, -0.2) is 0 Å². The summed E-state index contributed by atoms with van der Waals surface area (Å²) in [6.07, 6.45) is 0. The molecule has 1 aliphatic rings. The summed E-state index contributed by atoms with van der Waals surface area (Å²) in [6, 6.07) is 24.8. The molecule has 0 aromatic heterocycles. The Morgan fingerprint density at radius 2 is 1.40 bits per heavy atom. The van der Waals surface area contributed by atoms with Gasteiger partial charge in [-0.05, 0) is 29.8 Å². The number of carbonyl (C=O) groups is 2. The highest BCUT2D eigenvalue weighted by Gasteiger charge is 2.46. The number of aliphatic hydroxyl groups is 1. The smallest absolute Gasteiger partial charge is 0.300 e. The molecule has 0 aliphatic carbocycles. The van der Waals surface area contributed by atoms with Gasteiger partial charge in [0.1, 0.15) is 5.76 Å². The number of carbonyl (C=O) groups excluding carboxylic acids is 2. The van der Waals surface area contributed by atoms with E-state index in [9.17, 15) is 14.7 Å². The Balaban J connectivity index is 1.92. The van der Waals surface area contributed by atoms with Crippen molar-refractivity contribution in [2.45, 2.75) is 6.04 Å². The summed E-state index contributed by atoms with van der Waals surface area (Å²) in [5.41, 5.74) is 2.94. The van der Waals surface area contributed by atoms with Crippen LogP contribution in [-0.4, -0.2) is 30.9 Å². The van der Waals surface area contributed by atoms with Crippen molar-refractivity contribution in [3.63, 3.8) is 0 Å². The SMILES string of the molecule is CN(C)c1ccc(C2/C(=C(/O)c3ccccc3)C(=O)C(=O)N2c2ccccc2)cc1. The molecular formula is C25H22N2O3. The minimum atomic E-state index is -0.719. The van der Waals surface area contributed by atoms with Crippen molar-refractivity contribution in [1.29, 1.82) is 0 Å². The molecule has 1 amide bonds. The number of hydrogen-bond donors (Lipinski definition) is 1. The van der Waals surface area contributed by atoms with Crippen molar-refractivity contribution in [1.82, 2.24) is 0 Å². The first kappa shape index (κ1) is 19.5. The fourth-order valence-electron chi connectivity index (χ4n) is 3.71. The lowest BCUT2D eigenvalue weighted by Crippen LogP contribution is -2.29. The maximum Gasteiger partial charge on any atom is 0.300 e. The molecule has 0 saturated carbocycles. The van der Waals surface area contributed by atoms with E-state index in [4.69, 9.17) is 0 Å². The molecule has 0 bridgehead atoms.